The van der Waals surface area contributed by atoms with Gasteiger partial charge in [-0.1, -0.05) is 194 Å². The number of fused-ring (bicyclic) bond motifs is 9. The van der Waals surface area contributed by atoms with E-state index in [0.717, 1.165) is 83.5 Å². The number of para-hydroxylation sites is 2. The van der Waals surface area contributed by atoms with Gasteiger partial charge in [0.15, 0.2) is 0 Å². The monoisotopic (exact) mass is 904 g/mol. The Labute approximate surface area is 411 Å². The lowest BCUT2D eigenvalue weighted by atomic mass is 9.93. The molecule has 0 aliphatic carbocycles. The summed E-state index contributed by atoms with van der Waals surface area (Å²) in [5, 5.41) is 9.53. The zero-order chi connectivity index (χ0) is 46.8. The van der Waals surface area contributed by atoms with E-state index in [1.807, 2.05) is 0 Å². The SMILES string of the molecule is c1ccc(-c2cc(-c3cccc4ccccc34)ccc2N(c2ccc(-c3cccc(-n4c5ccccc5c5ccccc54)c3)cc2)c2ccc(-c3cccc4oc5c6ccccc6ccc5c34)cc2)cc1. The summed E-state index contributed by atoms with van der Waals surface area (Å²) in [6.07, 6.45) is 0. The number of rotatable bonds is 8. The first-order valence-electron chi connectivity index (χ1n) is 24.3. The summed E-state index contributed by atoms with van der Waals surface area (Å²) in [6.45, 7) is 0. The second-order valence-corrected chi connectivity index (χ2v) is 18.4. The molecular formula is C68H44N2O. The van der Waals surface area contributed by atoms with E-state index in [9.17, 15) is 0 Å². The maximum absolute atomic E-state index is 6.62. The van der Waals surface area contributed by atoms with Gasteiger partial charge in [-0.05, 0) is 128 Å². The first-order chi connectivity index (χ1) is 35.2. The Morgan fingerprint density at radius 3 is 1.61 bits per heavy atom. The lowest BCUT2D eigenvalue weighted by molar-refractivity contribution is 0.673. The normalized spacial score (nSPS) is 11.7. The predicted octanol–water partition coefficient (Wildman–Crippen LogP) is 19.1. The minimum Gasteiger partial charge on any atom is -0.455 e. The first-order valence-corrected chi connectivity index (χ1v) is 24.3. The molecule has 0 aliphatic heterocycles. The van der Waals surface area contributed by atoms with E-state index < -0.39 is 0 Å². The minimum absolute atomic E-state index is 0.888. The summed E-state index contributed by atoms with van der Waals surface area (Å²) in [5.41, 5.74) is 17.8. The van der Waals surface area contributed by atoms with Crippen molar-refractivity contribution >= 4 is 82.4 Å². The van der Waals surface area contributed by atoms with Crippen LogP contribution in [0, 0.1) is 0 Å². The number of furan rings is 1. The molecule has 14 aromatic rings. The first kappa shape index (κ1) is 40.6. The second kappa shape index (κ2) is 16.7. The average molecular weight is 905 g/mol. The van der Waals surface area contributed by atoms with Crippen LogP contribution in [-0.2, 0) is 0 Å². The molecule has 0 aliphatic rings. The highest BCUT2D eigenvalue weighted by Crippen LogP contribution is 2.46. The van der Waals surface area contributed by atoms with Crippen molar-refractivity contribution in [3.8, 4) is 50.2 Å². The third-order valence-corrected chi connectivity index (χ3v) is 14.4. The number of anilines is 3. The summed E-state index contributed by atoms with van der Waals surface area (Å²) in [4.78, 5) is 2.41. The third-order valence-electron chi connectivity index (χ3n) is 14.4. The van der Waals surface area contributed by atoms with E-state index >= 15 is 0 Å². The van der Waals surface area contributed by atoms with Crippen LogP contribution in [0.3, 0.4) is 0 Å². The van der Waals surface area contributed by atoms with Crippen molar-refractivity contribution in [3.63, 3.8) is 0 Å². The van der Waals surface area contributed by atoms with Gasteiger partial charge in [-0.15, -0.1) is 0 Å². The Morgan fingerprint density at radius 2 is 0.859 bits per heavy atom. The van der Waals surface area contributed by atoms with Crippen molar-refractivity contribution in [2.24, 2.45) is 0 Å². The molecular weight excluding hydrogens is 861 g/mol. The number of hydrogen-bond donors (Lipinski definition) is 0. The van der Waals surface area contributed by atoms with E-state index in [-0.39, 0.29) is 0 Å². The van der Waals surface area contributed by atoms with Gasteiger partial charge in [-0.3, -0.25) is 0 Å². The Balaban J connectivity index is 0.914. The number of benzene rings is 12. The molecule has 0 bridgehead atoms. The van der Waals surface area contributed by atoms with Crippen LogP contribution in [0.2, 0.25) is 0 Å². The Bertz CT molecular complexity index is 4270. The Morgan fingerprint density at radius 1 is 0.310 bits per heavy atom. The van der Waals surface area contributed by atoms with Crippen molar-refractivity contribution in [1.82, 2.24) is 4.57 Å². The van der Waals surface area contributed by atoms with Crippen LogP contribution < -0.4 is 4.90 Å². The third kappa shape index (κ3) is 6.82. The average Bonchev–Trinajstić information content (AvgIpc) is 4.00. The van der Waals surface area contributed by atoms with Crippen LogP contribution in [0.5, 0.6) is 0 Å². The van der Waals surface area contributed by atoms with Crippen LogP contribution in [-0.4, -0.2) is 4.57 Å². The van der Waals surface area contributed by atoms with Crippen molar-refractivity contribution in [3.05, 3.63) is 267 Å². The number of aromatic nitrogens is 1. The van der Waals surface area contributed by atoms with Crippen molar-refractivity contribution in [2.75, 3.05) is 4.90 Å². The van der Waals surface area contributed by atoms with Gasteiger partial charge >= 0.3 is 0 Å². The Kier molecular flexibility index (Phi) is 9.53. The van der Waals surface area contributed by atoms with E-state index in [2.05, 4.69) is 276 Å². The maximum Gasteiger partial charge on any atom is 0.143 e. The fourth-order valence-corrected chi connectivity index (χ4v) is 11.1. The van der Waals surface area contributed by atoms with Crippen LogP contribution in [0.15, 0.2) is 271 Å². The maximum atomic E-state index is 6.62. The molecule has 0 N–H and O–H groups in total. The van der Waals surface area contributed by atoms with Gasteiger partial charge in [-0.2, -0.15) is 0 Å². The standard InChI is InChI=1S/C68H44N2O/c1-2-15-47(16-3-1)62-44-51(56-26-13-19-46-17-4-6-22-55(46)56)36-42-65(62)69(53-39-33-49(34-40-53)57-27-14-30-66-67(57)61-41-35-48-18-5-7-23-58(48)68(61)71-66)52-37-31-45(32-38-52)50-20-12-21-54(43-50)70-63-28-10-8-24-59(63)60-25-9-11-29-64(60)70/h1-44H. The summed E-state index contributed by atoms with van der Waals surface area (Å²) >= 11 is 0. The van der Waals surface area contributed by atoms with Gasteiger partial charge in [0.05, 0.1) is 16.7 Å². The molecule has 14 rings (SSSR count). The summed E-state index contributed by atoms with van der Waals surface area (Å²) in [5.74, 6) is 0. The van der Waals surface area contributed by atoms with Gasteiger partial charge in [0.1, 0.15) is 11.2 Å². The van der Waals surface area contributed by atoms with Gasteiger partial charge < -0.3 is 13.9 Å². The van der Waals surface area contributed by atoms with Gasteiger partial charge in [0, 0.05) is 49.6 Å². The van der Waals surface area contributed by atoms with Crippen LogP contribution >= 0.6 is 0 Å². The minimum atomic E-state index is 0.888. The number of nitrogens with zero attached hydrogens (tertiary/aromatic N) is 2. The molecule has 2 heterocycles. The molecule has 0 fully saturated rings. The fraction of sp³-hybridized carbons (Fsp3) is 0. The van der Waals surface area contributed by atoms with E-state index in [0.29, 0.717) is 0 Å². The van der Waals surface area contributed by atoms with E-state index in [1.165, 1.54) is 49.1 Å². The highest BCUT2D eigenvalue weighted by Gasteiger charge is 2.21. The fourth-order valence-electron chi connectivity index (χ4n) is 11.1. The zero-order valence-corrected chi connectivity index (χ0v) is 38.7. The number of hydrogen-bond acceptors (Lipinski definition) is 2. The molecule has 0 atom stereocenters. The van der Waals surface area contributed by atoms with Crippen molar-refractivity contribution < 1.29 is 4.42 Å². The summed E-state index contributed by atoms with van der Waals surface area (Å²) < 4.78 is 9.00. The second-order valence-electron chi connectivity index (χ2n) is 18.4. The molecule has 3 nitrogen and oxygen atoms in total. The van der Waals surface area contributed by atoms with Gasteiger partial charge in [0.2, 0.25) is 0 Å². The van der Waals surface area contributed by atoms with Gasteiger partial charge in [-0.25, -0.2) is 0 Å². The molecule has 0 radical (unpaired) electrons. The summed E-state index contributed by atoms with van der Waals surface area (Å²) in [7, 11) is 0. The van der Waals surface area contributed by atoms with Crippen LogP contribution in [0.25, 0.3) is 115 Å². The van der Waals surface area contributed by atoms with Crippen molar-refractivity contribution in [2.45, 2.75) is 0 Å². The molecule has 0 amide bonds. The molecule has 12 aromatic carbocycles. The highest BCUT2D eigenvalue weighted by molar-refractivity contribution is 6.19. The molecule has 71 heavy (non-hydrogen) atoms. The molecule has 332 valence electrons. The molecule has 0 saturated carbocycles. The zero-order valence-electron chi connectivity index (χ0n) is 38.7. The molecule has 0 saturated heterocycles. The van der Waals surface area contributed by atoms with Crippen LogP contribution in [0.1, 0.15) is 0 Å². The molecule has 0 unspecified atom stereocenters. The highest BCUT2D eigenvalue weighted by atomic mass is 16.3. The smallest absolute Gasteiger partial charge is 0.143 e. The van der Waals surface area contributed by atoms with E-state index in [1.54, 1.807) is 0 Å². The van der Waals surface area contributed by atoms with Crippen LogP contribution in [0.4, 0.5) is 17.1 Å². The summed E-state index contributed by atoms with van der Waals surface area (Å²) in [6, 6.07) is 96.7. The quantitative estimate of drug-likeness (QED) is 0.151. The van der Waals surface area contributed by atoms with Crippen molar-refractivity contribution in [1.29, 1.82) is 0 Å². The molecule has 0 spiro atoms. The van der Waals surface area contributed by atoms with E-state index in [4.69, 9.17) is 4.42 Å². The predicted molar refractivity (Wildman–Crippen MR) is 299 cm³/mol. The van der Waals surface area contributed by atoms with Gasteiger partial charge in [0.25, 0.3) is 0 Å². The lowest BCUT2D eigenvalue weighted by Gasteiger charge is -2.29. The lowest BCUT2D eigenvalue weighted by Crippen LogP contribution is -2.11. The largest absolute Gasteiger partial charge is 0.455 e. The molecule has 3 heteroatoms. The Hall–Kier alpha value is -9.44. The molecule has 2 aromatic heterocycles. The topological polar surface area (TPSA) is 21.3 Å².